The van der Waals surface area contributed by atoms with Crippen LogP contribution in [0.5, 0.6) is 0 Å². The van der Waals surface area contributed by atoms with Gasteiger partial charge in [-0.25, -0.2) is 14.4 Å². The van der Waals surface area contributed by atoms with Gasteiger partial charge in [0.1, 0.15) is 6.04 Å². The van der Waals surface area contributed by atoms with Gasteiger partial charge in [0.05, 0.1) is 24.2 Å². The van der Waals surface area contributed by atoms with Crippen LogP contribution in [0.15, 0.2) is 59.4 Å². The highest BCUT2D eigenvalue weighted by molar-refractivity contribution is 5.85. The number of aromatic nitrogens is 2. The Balaban J connectivity index is 0.000000353. The molecule has 0 radical (unpaired) electrons. The number of carbonyl (C=O) groups is 3. The minimum Gasteiger partial charge on any atom is -0.475 e. The molecule has 0 unspecified atom stereocenters. The number of amides is 2. The quantitative estimate of drug-likeness (QED) is 0.259. The number of carboxylic acids is 1. The molecule has 1 aromatic heterocycles. The molecular weight excluding hydrogens is 599 g/mol. The third kappa shape index (κ3) is 10.9. The van der Waals surface area contributed by atoms with Gasteiger partial charge in [-0.1, -0.05) is 55.3 Å². The average molecular weight is 638 g/mol. The summed E-state index contributed by atoms with van der Waals surface area (Å²) in [4.78, 5) is 50.1. The van der Waals surface area contributed by atoms with Crippen molar-refractivity contribution < 1.29 is 42.5 Å². The van der Waals surface area contributed by atoms with Crippen molar-refractivity contribution in [3.8, 4) is 0 Å². The molecule has 1 aliphatic carbocycles. The third-order valence-corrected chi connectivity index (χ3v) is 7.40. The molecule has 5 rings (SSSR count). The number of nitrogens with two attached hydrogens (primary N) is 1. The summed E-state index contributed by atoms with van der Waals surface area (Å²) in [6.07, 6.45) is 0.116. The van der Waals surface area contributed by atoms with E-state index < -0.39 is 24.3 Å². The maximum absolute atomic E-state index is 13.0. The Morgan fingerprint density at radius 1 is 0.978 bits per heavy atom. The molecule has 2 fully saturated rings. The third-order valence-electron chi connectivity index (χ3n) is 7.40. The van der Waals surface area contributed by atoms with E-state index in [2.05, 4.69) is 10.3 Å². The van der Waals surface area contributed by atoms with Crippen LogP contribution in [0.25, 0.3) is 11.0 Å². The molecule has 1 atom stereocenters. The first-order valence-electron chi connectivity index (χ1n) is 14.5. The van der Waals surface area contributed by atoms with Crippen LogP contribution >= 0.6 is 0 Å². The zero-order valence-electron chi connectivity index (χ0n) is 24.5. The highest BCUT2D eigenvalue weighted by atomic mass is 19.4. The lowest BCUT2D eigenvalue weighted by Gasteiger charge is -2.34. The number of fused-ring (bicyclic) bond motifs is 1. The molecule has 6 N–H and O–H groups in total. The molecule has 0 spiro atoms. The van der Waals surface area contributed by atoms with E-state index in [1.807, 2.05) is 54.6 Å². The maximum atomic E-state index is 13.0. The number of carboxylic acid groups (broad SMARTS) is 2. The fourth-order valence-electron chi connectivity index (χ4n) is 5.15. The lowest BCUT2D eigenvalue weighted by atomic mass is 10.0. The second-order valence-electron chi connectivity index (χ2n) is 10.7. The number of ether oxygens (including phenoxy) is 1. The molecule has 2 aromatic carbocycles. The number of imidazole rings is 1. The number of benzene rings is 2. The predicted octanol–water partition coefficient (Wildman–Crippen LogP) is 3.87. The van der Waals surface area contributed by atoms with Crippen LogP contribution in [0, 0.1) is 0 Å². The number of para-hydroxylation sites is 2. The van der Waals surface area contributed by atoms with Crippen molar-refractivity contribution in [2.45, 2.75) is 69.4 Å². The summed E-state index contributed by atoms with van der Waals surface area (Å²) in [5.74, 6) is -3.07. The Bertz CT molecular complexity index is 1450. The number of aliphatic carboxylic acids is 1. The van der Waals surface area contributed by atoms with Crippen LogP contribution in [0.4, 0.5) is 18.0 Å². The predicted molar refractivity (Wildman–Crippen MR) is 159 cm³/mol. The molecule has 1 saturated carbocycles. The second-order valence-corrected chi connectivity index (χ2v) is 10.7. The van der Waals surface area contributed by atoms with Gasteiger partial charge in [0.15, 0.2) is 0 Å². The van der Waals surface area contributed by atoms with Crippen LogP contribution in [0.2, 0.25) is 0 Å². The summed E-state index contributed by atoms with van der Waals surface area (Å²) >= 11 is 0. The first-order valence-corrected chi connectivity index (χ1v) is 14.5. The number of nitrogens with zero attached hydrogens (tertiary/aromatic N) is 2. The number of halogens is 3. The van der Waals surface area contributed by atoms with Crippen LogP contribution in [-0.4, -0.2) is 80.6 Å². The molecule has 12 nitrogen and oxygen atoms in total. The zero-order chi connectivity index (χ0) is 33.0. The molecule has 0 bridgehead atoms. The lowest BCUT2D eigenvalue weighted by Crippen LogP contribution is -2.52. The molecule has 246 valence electrons. The maximum Gasteiger partial charge on any atom is 0.490 e. The van der Waals surface area contributed by atoms with Crippen LogP contribution in [0.1, 0.15) is 50.1 Å². The van der Waals surface area contributed by atoms with E-state index in [-0.39, 0.29) is 30.9 Å². The Morgan fingerprint density at radius 2 is 1.56 bits per heavy atom. The smallest absolute Gasteiger partial charge is 0.475 e. The SMILES string of the molecule is NC1CCCC1.O=C(O)C(F)(F)F.O=C(O)N[C@H](COCc1ccccc1)C(=O)N1CCC(n2c(=O)[nH]c3ccccc32)CC1. The first-order chi connectivity index (χ1) is 21.4. The fraction of sp³-hybridized carbons (Fsp3) is 0.467. The van der Waals surface area contributed by atoms with Gasteiger partial charge in [0, 0.05) is 25.2 Å². The number of likely N-dealkylation sites (tertiary alicyclic amines) is 1. The Hall–Kier alpha value is -4.37. The molecule has 1 aliphatic heterocycles. The summed E-state index contributed by atoms with van der Waals surface area (Å²) in [6.45, 7) is 1.11. The molecule has 3 aromatic rings. The highest BCUT2D eigenvalue weighted by Gasteiger charge is 2.38. The van der Waals surface area contributed by atoms with E-state index in [1.165, 1.54) is 25.7 Å². The number of piperidine rings is 1. The van der Waals surface area contributed by atoms with Crippen molar-refractivity contribution >= 4 is 29.0 Å². The van der Waals surface area contributed by atoms with Gasteiger partial charge in [-0.3, -0.25) is 9.36 Å². The van der Waals surface area contributed by atoms with Crippen molar-refractivity contribution in [1.82, 2.24) is 19.8 Å². The van der Waals surface area contributed by atoms with Crippen LogP contribution in [0.3, 0.4) is 0 Å². The zero-order valence-corrected chi connectivity index (χ0v) is 24.5. The summed E-state index contributed by atoms with van der Waals surface area (Å²) in [5, 5.41) is 18.6. The lowest BCUT2D eigenvalue weighted by molar-refractivity contribution is -0.192. The summed E-state index contributed by atoms with van der Waals surface area (Å²) in [7, 11) is 0. The Labute approximate surface area is 257 Å². The van der Waals surface area contributed by atoms with Gasteiger partial charge in [-0.2, -0.15) is 13.2 Å². The normalized spacial score (nSPS) is 16.2. The topological polar surface area (TPSA) is 180 Å². The molecule has 2 heterocycles. The summed E-state index contributed by atoms with van der Waals surface area (Å²) in [5.41, 5.74) is 7.96. The summed E-state index contributed by atoms with van der Waals surface area (Å²) < 4.78 is 39.1. The number of hydrogen-bond acceptors (Lipinski definition) is 6. The fourth-order valence-corrected chi connectivity index (χ4v) is 5.15. The van der Waals surface area contributed by atoms with Crippen LogP contribution < -0.4 is 16.7 Å². The van der Waals surface area contributed by atoms with Gasteiger partial charge in [-0.15, -0.1) is 0 Å². The molecule has 2 aliphatic rings. The highest BCUT2D eigenvalue weighted by Crippen LogP contribution is 2.25. The molecular formula is C30H38F3N5O7. The van der Waals surface area contributed by atoms with E-state index in [1.54, 1.807) is 9.47 Å². The first kappa shape index (κ1) is 35.1. The minimum absolute atomic E-state index is 0.0251. The van der Waals surface area contributed by atoms with Crippen molar-refractivity contribution in [1.29, 1.82) is 0 Å². The van der Waals surface area contributed by atoms with Gasteiger partial charge >= 0.3 is 23.9 Å². The van der Waals surface area contributed by atoms with E-state index in [0.717, 1.165) is 16.6 Å². The Morgan fingerprint density at radius 3 is 2.09 bits per heavy atom. The Kier molecular flexibility index (Phi) is 13.0. The average Bonchev–Trinajstić information content (AvgIpc) is 3.62. The van der Waals surface area contributed by atoms with Crippen molar-refractivity contribution in [2.24, 2.45) is 5.73 Å². The molecule has 45 heavy (non-hydrogen) atoms. The molecule has 2 amide bonds. The number of rotatable bonds is 7. The standard InChI is InChI=1S/C23H26N4O5.C5H11N.C2HF3O2/c28-21(19(25-23(30)31)15-32-14-16-6-2-1-3-7-16)26-12-10-17(11-13-26)27-20-9-5-4-8-18(20)24-22(27)29;6-5-3-1-2-4-5;3-2(4,5)1(6)7/h1-9,17,19,25H,10-15H2,(H,24,29)(H,30,31);5H,1-4,6H2;(H,6,7)/t19-;;/m1../s1. The van der Waals surface area contributed by atoms with Gasteiger partial charge in [0.25, 0.3) is 0 Å². The second kappa shape index (κ2) is 16.6. The largest absolute Gasteiger partial charge is 0.490 e. The van der Waals surface area contributed by atoms with Gasteiger partial charge in [-0.05, 0) is 43.4 Å². The van der Waals surface area contributed by atoms with Crippen molar-refractivity contribution in [3.63, 3.8) is 0 Å². The van der Waals surface area contributed by atoms with E-state index in [0.29, 0.717) is 32.0 Å². The number of nitrogens with one attached hydrogen (secondary N) is 2. The number of aromatic amines is 1. The van der Waals surface area contributed by atoms with E-state index >= 15 is 0 Å². The van der Waals surface area contributed by atoms with Crippen molar-refractivity contribution in [3.05, 3.63) is 70.6 Å². The van der Waals surface area contributed by atoms with E-state index in [9.17, 15) is 27.6 Å². The van der Waals surface area contributed by atoms with Gasteiger partial charge in [0.2, 0.25) is 5.91 Å². The minimum atomic E-state index is -5.08. The summed E-state index contributed by atoms with van der Waals surface area (Å²) in [6, 6.07) is 16.6. The number of alkyl halides is 3. The number of hydrogen-bond donors (Lipinski definition) is 5. The number of H-pyrrole nitrogens is 1. The molecule has 15 heteroatoms. The molecule has 1 saturated heterocycles. The monoisotopic (exact) mass is 637 g/mol. The van der Waals surface area contributed by atoms with E-state index in [4.69, 9.17) is 25.5 Å². The van der Waals surface area contributed by atoms with Crippen molar-refractivity contribution in [2.75, 3.05) is 19.7 Å². The number of carbonyl (C=O) groups excluding carboxylic acids is 1. The van der Waals surface area contributed by atoms with Crippen LogP contribution in [-0.2, 0) is 20.9 Å². The van der Waals surface area contributed by atoms with Gasteiger partial charge < -0.3 is 35.9 Å².